The second kappa shape index (κ2) is 9.62. The fourth-order valence-electron chi connectivity index (χ4n) is 4.71. The van der Waals surface area contributed by atoms with E-state index >= 15 is 0 Å². The third kappa shape index (κ3) is 4.58. The van der Waals surface area contributed by atoms with E-state index in [1.807, 2.05) is 4.90 Å². The van der Waals surface area contributed by atoms with Crippen LogP contribution in [0.15, 0.2) is 53.2 Å². The summed E-state index contributed by atoms with van der Waals surface area (Å²) < 4.78 is 20.4. The van der Waals surface area contributed by atoms with Crippen molar-refractivity contribution in [2.75, 3.05) is 18.4 Å². The van der Waals surface area contributed by atoms with Crippen molar-refractivity contribution >= 4 is 34.6 Å². The third-order valence-electron chi connectivity index (χ3n) is 6.61. The molecular formula is C26H25ClFN5O2. The first kappa shape index (κ1) is 23.2. The molecule has 3 heterocycles. The molecule has 180 valence electrons. The Kier molecular flexibility index (Phi) is 6.38. The summed E-state index contributed by atoms with van der Waals surface area (Å²) in [7, 11) is 0. The normalized spacial score (nSPS) is 18.1. The van der Waals surface area contributed by atoms with E-state index in [1.54, 1.807) is 49.6 Å². The number of rotatable bonds is 5. The van der Waals surface area contributed by atoms with Gasteiger partial charge in [0.05, 0.1) is 11.6 Å². The largest absolute Gasteiger partial charge is 0.424 e. The number of nitrogens with zero attached hydrogens (tertiary/aromatic N) is 4. The second-order valence-electron chi connectivity index (χ2n) is 8.86. The maximum absolute atomic E-state index is 14.6. The minimum Gasteiger partial charge on any atom is -0.424 e. The van der Waals surface area contributed by atoms with Gasteiger partial charge in [-0.05, 0) is 67.6 Å². The Labute approximate surface area is 207 Å². The van der Waals surface area contributed by atoms with Crippen molar-refractivity contribution in [3.63, 3.8) is 0 Å². The van der Waals surface area contributed by atoms with Gasteiger partial charge in [0.1, 0.15) is 11.3 Å². The Bertz CT molecular complexity index is 1380. The topological polar surface area (TPSA) is 84.2 Å². The van der Waals surface area contributed by atoms with Gasteiger partial charge in [-0.25, -0.2) is 14.4 Å². The fraction of sp³-hybridized carbons (Fsp3) is 0.308. The molecule has 9 heteroatoms. The van der Waals surface area contributed by atoms with E-state index in [4.69, 9.17) is 16.0 Å². The first-order valence-electron chi connectivity index (χ1n) is 11.6. The number of benzene rings is 2. The lowest BCUT2D eigenvalue weighted by molar-refractivity contribution is 0.0538. The van der Waals surface area contributed by atoms with Gasteiger partial charge in [-0.2, -0.15) is 4.98 Å². The number of carbonyl (C=O) groups excluding carboxylic acids is 1. The Morgan fingerprint density at radius 3 is 2.86 bits per heavy atom. The molecule has 1 aliphatic heterocycles. The summed E-state index contributed by atoms with van der Waals surface area (Å²) in [5.74, 6) is -0.0433. The van der Waals surface area contributed by atoms with Crippen LogP contribution in [0.25, 0.3) is 22.5 Å². The molecule has 1 amide bonds. The Morgan fingerprint density at radius 2 is 2.06 bits per heavy atom. The van der Waals surface area contributed by atoms with Crippen molar-refractivity contribution in [3.8, 4) is 11.4 Å². The SMILES string of the molecule is Cc1c(F)ccc(-c2ncccn2)c1C(=O)N1CCC[C@@H](C)[C@H]1CNc1nc2cc(Cl)ccc2o1. The van der Waals surface area contributed by atoms with E-state index in [2.05, 4.69) is 27.2 Å². The Morgan fingerprint density at radius 1 is 1.26 bits per heavy atom. The van der Waals surface area contributed by atoms with Gasteiger partial charge >= 0.3 is 0 Å². The van der Waals surface area contributed by atoms with E-state index < -0.39 is 5.82 Å². The number of hydrogen-bond acceptors (Lipinski definition) is 6. The summed E-state index contributed by atoms with van der Waals surface area (Å²) in [6.45, 7) is 4.76. The van der Waals surface area contributed by atoms with Crippen LogP contribution in [0, 0.1) is 18.7 Å². The number of anilines is 1. The molecule has 1 aliphatic rings. The van der Waals surface area contributed by atoms with E-state index in [9.17, 15) is 9.18 Å². The van der Waals surface area contributed by atoms with Crippen molar-refractivity contribution in [2.45, 2.75) is 32.7 Å². The molecule has 1 N–H and O–H groups in total. The number of halogens is 2. The van der Waals surface area contributed by atoms with Crippen LogP contribution < -0.4 is 5.32 Å². The average Bonchev–Trinajstić information content (AvgIpc) is 3.26. The zero-order valence-electron chi connectivity index (χ0n) is 19.5. The lowest BCUT2D eigenvalue weighted by Crippen LogP contribution is -2.51. The molecule has 2 atom stereocenters. The molecule has 0 aliphatic carbocycles. The van der Waals surface area contributed by atoms with Gasteiger partial charge in [-0.15, -0.1) is 0 Å². The van der Waals surface area contributed by atoms with Gasteiger partial charge in [0, 0.05) is 36.1 Å². The number of amides is 1. The third-order valence-corrected chi connectivity index (χ3v) is 6.84. The van der Waals surface area contributed by atoms with Crippen LogP contribution in [-0.4, -0.2) is 44.9 Å². The molecule has 1 fully saturated rings. The van der Waals surface area contributed by atoms with E-state index in [1.165, 1.54) is 6.07 Å². The maximum Gasteiger partial charge on any atom is 0.295 e. The summed E-state index contributed by atoms with van der Waals surface area (Å²) in [6, 6.07) is 10.1. The molecule has 5 rings (SSSR count). The molecule has 2 aromatic heterocycles. The summed E-state index contributed by atoms with van der Waals surface area (Å²) in [4.78, 5) is 28.8. The molecule has 0 spiro atoms. The lowest BCUT2D eigenvalue weighted by Gasteiger charge is -2.40. The Balaban J connectivity index is 1.45. The standard InChI is InChI=1S/C26H25ClFN5O2/c1-15-5-3-12-33(21(15)14-31-26-32-20-13-17(27)6-9-22(20)35-26)25(34)23-16(2)19(28)8-7-18(23)24-29-10-4-11-30-24/h4,6-11,13,15,21H,3,5,12,14H2,1-2H3,(H,31,32)/t15-,21-/m1/s1. The quantitative estimate of drug-likeness (QED) is 0.381. The van der Waals surface area contributed by atoms with Crippen LogP contribution in [0.5, 0.6) is 0 Å². The van der Waals surface area contributed by atoms with Gasteiger partial charge in [0.25, 0.3) is 11.9 Å². The van der Waals surface area contributed by atoms with Crippen molar-refractivity contribution in [2.24, 2.45) is 5.92 Å². The van der Waals surface area contributed by atoms with Crippen LogP contribution >= 0.6 is 11.6 Å². The number of aromatic nitrogens is 3. The lowest BCUT2D eigenvalue weighted by atomic mass is 9.89. The Hall–Kier alpha value is -3.52. The maximum atomic E-state index is 14.6. The van der Waals surface area contributed by atoms with Crippen molar-refractivity contribution < 1.29 is 13.6 Å². The number of oxazole rings is 1. The molecule has 35 heavy (non-hydrogen) atoms. The molecule has 0 radical (unpaired) electrons. The summed E-state index contributed by atoms with van der Waals surface area (Å²) in [5.41, 5.74) is 2.40. The zero-order chi connectivity index (χ0) is 24.5. The molecule has 0 saturated carbocycles. The van der Waals surface area contributed by atoms with Gasteiger partial charge in [-0.3, -0.25) is 4.79 Å². The first-order valence-corrected chi connectivity index (χ1v) is 12.0. The minimum absolute atomic E-state index is 0.137. The van der Waals surface area contributed by atoms with Crippen LogP contribution in [0.2, 0.25) is 5.02 Å². The molecular weight excluding hydrogens is 469 g/mol. The van der Waals surface area contributed by atoms with Crippen molar-refractivity contribution in [1.82, 2.24) is 19.9 Å². The molecule has 0 unspecified atom stereocenters. The van der Waals surface area contributed by atoms with Gasteiger partial charge in [0.15, 0.2) is 11.4 Å². The number of hydrogen-bond donors (Lipinski definition) is 1. The van der Waals surface area contributed by atoms with E-state index in [0.29, 0.717) is 57.7 Å². The molecule has 1 saturated heterocycles. The fourth-order valence-corrected chi connectivity index (χ4v) is 4.88. The van der Waals surface area contributed by atoms with E-state index in [-0.39, 0.29) is 17.9 Å². The molecule has 7 nitrogen and oxygen atoms in total. The summed E-state index contributed by atoms with van der Waals surface area (Å²) in [5, 5.41) is 3.83. The van der Waals surface area contributed by atoms with Gasteiger partial charge < -0.3 is 14.6 Å². The second-order valence-corrected chi connectivity index (χ2v) is 9.30. The first-order chi connectivity index (χ1) is 16.9. The molecule has 0 bridgehead atoms. The number of fused-ring (bicyclic) bond motifs is 1. The number of likely N-dealkylation sites (tertiary alicyclic amines) is 1. The predicted octanol–water partition coefficient (Wildman–Crippen LogP) is 5.74. The van der Waals surface area contributed by atoms with Gasteiger partial charge in [-0.1, -0.05) is 18.5 Å². The highest BCUT2D eigenvalue weighted by Crippen LogP contribution is 2.31. The van der Waals surface area contributed by atoms with E-state index in [0.717, 1.165) is 12.8 Å². The number of nitrogens with one attached hydrogen (secondary N) is 1. The zero-order valence-corrected chi connectivity index (χ0v) is 20.2. The average molecular weight is 494 g/mol. The highest BCUT2D eigenvalue weighted by Gasteiger charge is 2.35. The number of piperidine rings is 1. The smallest absolute Gasteiger partial charge is 0.295 e. The van der Waals surface area contributed by atoms with Crippen LogP contribution in [0.4, 0.5) is 10.4 Å². The summed E-state index contributed by atoms with van der Waals surface area (Å²) in [6.07, 6.45) is 5.07. The molecule has 2 aromatic carbocycles. The number of carbonyl (C=O) groups is 1. The van der Waals surface area contributed by atoms with Crippen LogP contribution in [-0.2, 0) is 0 Å². The highest BCUT2D eigenvalue weighted by atomic mass is 35.5. The van der Waals surface area contributed by atoms with Crippen molar-refractivity contribution in [1.29, 1.82) is 0 Å². The minimum atomic E-state index is -0.432. The molecule has 4 aromatic rings. The highest BCUT2D eigenvalue weighted by molar-refractivity contribution is 6.31. The monoisotopic (exact) mass is 493 g/mol. The van der Waals surface area contributed by atoms with Crippen LogP contribution in [0.3, 0.4) is 0 Å². The van der Waals surface area contributed by atoms with Crippen LogP contribution in [0.1, 0.15) is 35.7 Å². The van der Waals surface area contributed by atoms with Gasteiger partial charge in [0.2, 0.25) is 0 Å². The van der Waals surface area contributed by atoms with Crippen molar-refractivity contribution in [3.05, 3.63) is 70.8 Å². The summed E-state index contributed by atoms with van der Waals surface area (Å²) >= 11 is 6.06. The predicted molar refractivity (Wildman–Crippen MR) is 133 cm³/mol.